The van der Waals surface area contributed by atoms with Gasteiger partial charge in [-0.1, -0.05) is 91.4 Å². The van der Waals surface area contributed by atoms with E-state index in [1.807, 2.05) is 13.8 Å². The maximum absolute atomic E-state index is 16.3. The number of nitrogens with zero attached hydrogens (tertiary/aromatic N) is 2. The summed E-state index contributed by atoms with van der Waals surface area (Å²) in [6.45, 7) is 10.4. The number of nitrogens with one attached hydrogen (secondary N) is 11. The van der Waals surface area contributed by atoms with Crippen LogP contribution in [0.5, 0.6) is 46.0 Å². The number of rotatable bonds is 21. The Morgan fingerprint density at radius 2 is 1.33 bits per heavy atom. The maximum Gasteiger partial charge on any atom is 0.317 e. The van der Waals surface area contributed by atoms with Crippen molar-refractivity contribution in [2.24, 2.45) is 11.7 Å². The molecule has 0 radical (unpaired) electrons. The first-order valence-corrected chi connectivity index (χ1v) is 41.4. The van der Waals surface area contributed by atoms with Gasteiger partial charge in [-0.2, -0.15) is 0 Å². The number of ether oxygens (including phenoxy) is 6. The number of phenolic OH excluding ortho intramolecular Hbond substituents is 3. The van der Waals surface area contributed by atoms with Gasteiger partial charge >= 0.3 is 6.03 Å². The molecular formula is C82H98Cl4N14O24. The summed E-state index contributed by atoms with van der Waals surface area (Å²) >= 11 is 26.7. The molecule has 22 N–H and O–H groups in total. The number of carbonyl (C=O) groups is 9. The summed E-state index contributed by atoms with van der Waals surface area (Å²) in [5, 5.41) is 131. The molecule has 0 aliphatic carbocycles. The Hall–Kier alpha value is -10.2. The number of carbonyl (C=O) groups excluding carboxylic acids is 9. The average molecular weight is 1810 g/mol. The lowest BCUT2D eigenvalue weighted by atomic mass is 9.85. The molecule has 0 saturated carbocycles. The molecule has 8 aliphatic rings. The van der Waals surface area contributed by atoms with E-state index in [1.54, 1.807) is 43.9 Å². The first-order valence-electron chi connectivity index (χ1n) is 39.9. The minimum Gasteiger partial charge on any atom is -0.508 e. The van der Waals surface area contributed by atoms with Gasteiger partial charge in [-0.15, -0.1) is 0 Å². The maximum atomic E-state index is 16.3. The standard InChI is InChI=1S/C82H98Cl4N14O24/c1-7-91-98-79(117)63-44-29-42(102)30-52(104)60(44)43-24-38(9-13-51(43)103)61-75(113)97-65(78(116)95-63)67(107)40-11-15-54(48(86)26-40)121-56-28-41-27-55(120-53-14-10-39(25-47(53)85)66(106)64(96-73(111)49(88-6)22-35(2)3)77(115)92-50(31-58(87)105)74(112)93-62(41)76(114)94-61)70(56)124-80-71(69(109)68(108)57(34-101)122-80)123-59-32-82(5,72(110)36(4)119-59)90-16-17-99-18-20-100(21-19-99)81(118)89-33-37-8-12-45(83)46(84)23-37/h8-15,23-30,35-36,49-50,57,59,61-69,71-72,80,88,90-91,101-104,106-110H,7,16-22,31-34H2,1-6H3,(H2,87,105)(H,89,118)(H,92,115)(H,93,112)(H,94,114)(H,95,116)(H,96,111)(H,97,113)(H,98,117)/t36-,49+,50-,57+,59-,61+,62+,63+,64+,65-,66+,67+,68+,69-,71+,72+,80-,82-/m0/s1. The van der Waals surface area contributed by atoms with Crippen molar-refractivity contribution in [3.8, 4) is 57.1 Å². The predicted octanol–water partition coefficient (Wildman–Crippen LogP) is 2.13. The lowest BCUT2D eigenvalue weighted by Crippen LogP contribution is -2.66. The molecule has 8 heterocycles. The zero-order chi connectivity index (χ0) is 89.6. The van der Waals surface area contributed by atoms with E-state index in [2.05, 4.69) is 63.6 Å². The second-order valence-electron chi connectivity index (χ2n) is 31.5. The third-order valence-electron chi connectivity index (χ3n) is 22.2. The van der Waals surface area contributed by atoms with Crippen LogP contribution in [0.3, 0.4) is 0 Å². The van der Waals surface area contributed by atoms with E-state index >= 15 is 24.0 Å². The van der Waals surface area contributed by atoms with E-state index < -0.39 is 226 Å². The summed E-state index contributed by atoms with van der Waals surface area (Å²) in [6, 6.07) is 4.99. The number of urea groups is 1. The molecule has 10 amide bonds. The summed E-state index contributed by atoms with van der Waals surface area (Å²) in [5.41, 5.74) is 7.93. The summed E-state index contributed by atoms with van der Waals surface area (Å²) in [4.78, 5) is 137. The minimum atomic E-state index is -2.36. The number of halogens is 4. The number of aliphatic hydroxyl groups excluding tert-OH is 6. The lowest BCUT2D eigenvalue weighted by molar-refractivity contribution is -0.334. The van der Waals surface area contributed by atoms with E-state index in [-0.39, 0.29) is 83.2 Å². The number of aliphatic hydroxyl groups is 6. The molecule has 0 spiro atoms. The number of hydrazine groups is 1. The SMILES string of the molecule is CCNNC(=O)[C@@H]1NC(=O)[C@H]2NC(=O)[C@H](NC(=O)[C@@H]3NC(=O)[C@H](CC(N)=O)NC(=O)[C@H](NC(=O)[C@@H](CC(C)C)NC)[C@H](O)c4ccc(c(Cl)c4)Oc4cc3cc(c4O[C@@H]3O[C@H](CO)[C@@H](O)[C@H](O)[C@H]3O[C@H]3C[C@](C)(NCCN4CCN(C(=O)NCc5ccc(Cl)c(Cl)c5)CC4)[C@H](O)[C@H](C)O3)Oc3ccc(cc3Cl)[C@H]2O)c2ccc(O)c(c2)-c2c(O)cc(O)cc21. The Bertz CT molecular complexity index is 5020. The van der Waals surface area contributed by atoms with Crippen molar-refractivity contribution < 1.29 is 118 Å². The number of hydrogen-bond acceptors (Lipinski definition) is 28. The number of aromatic hydroxyl groups is 3. The minimum absolute atomic E-state index is 0.110. The fourth-order valence-electron chi connectivity index (χ4n) is 15.5. The van der Waals surface area contributed by atoms with Crippen molar-refractivity contribution in [3.05, 3.63) is 151 Å². The van der Waals surface area contributed by atoms with Crippen molar-refractivity contribution in [3.63, 3.8) is 0 Å². The molecule has 38 nitrogen and oxygen atoms in total. The van der Waals surface area contributed by atoms with Gasteiger partial charge in [0, 0.05) is 81.5 Å². The molecule has 3 fully saturated rings. The van der Waals surface area contributed by atoms with E-state index in [9.17, 15) is 65.1 Å². The number of amides is 10. The van der Waals surface area contributed by atoms with Gasteiger partial charge in [0.25, 0.3) is 5.91 Å². The number of likely N-dealkylation sites (N-methyl/N-ethyl adjacent to an activating group) is 1. The van der Waals surface area contributed by atoms with E-state index in [0.717, 1.165) is 66.2 Å². The van der Waals surface area contributed by atoms with Gasteiger partial charge in [-0.05, 0) is 133 Å². The monoisotopic (exact) mass is 1800 g/mol. The van der Waals surface area contributed by atoms with Crippen molar-refractivity contribution in [1.29, 1.82) is 0 Å². The van der Waals surface area contributed by atoms with Crippen LogP contribution in [0.2, 0.25) is 20.1 Å². The van der Waals surface area contributed by atoms with Crippen LogP contribution >= 0.6 is 46.4 Å². The highest BCUT2D eigenvalue weighted by Gasteiger charge is 2.52. The Labute approximate surface area is 730 Å². The van der Waals surface area contributed by atoms with Crippen LogP contribution in [0.1, 0.15) is 118 Å². The first kappa shape index (κ1) is 93.0. The van der Waals surface area contributed by atoms with E-state index in [4.69, 9.17) is 80.6 Å². The van der Waals surface area contributed by atoms with Crippen LogP contribution < -0.4 is 78.6 Å². The zero-order valence-electron chi connectivity index (χ0n) is 67.7. The molecule has 668 valence electrons. The normalized spacial score (nSPS) is 27.0. The van der Waals surface area contributed by atoms with Crippen molar-refractivity contribution in [2.75, 3.05) is 59.5 Å². The Balaban J connectivity index is 0.983. The Morgan fingerprint density at radius 3 is 1.96 bits per heavy atom. The molecule has 6 aromatic carbocycles. The molecule has 8 aliphatic heterocycles. The fourth-order valence-corrected chi connectivity index (χ4v) is 16.3. The Morgan fingerprint density at radius 1 is 0.685 bits per heavy atom. The third kappa shape index (κ3) is 21.1. The van der Waals surface area contributed by atoms with Crippen molar-refractivity contribution >= 4 is 99.7 Å². The van der Waals surface area contributed by atoms with Crippen LogP contribution in [0.25, 0.3) is 11.1 Å². The number of phenols is 3. The zero-order valence-corrected chi connectivity index (χ0v) is 70.8. The van der Waals surface area contributed by atoms with E-state index in [0.29, 0.717) is 42.8 Å². The summed E-state index contributed by atoms with van der Waals surface area (Å²) < 4.78 is 39.7. The van der Waals surface area contributed by atoms with Gasteiger partial charge in [0.15, 0.2) is 23.9 Å². The van der Waals surface area contributed by atoms with Gasteiger partial charge in [0.1, 0.15) is 95.5 Å². The van der Waals surface area contributed by atoms with Gasteiger partial charge in [0.05, 0.1) is 51.4 Å². The van der Waals surface area contributed by atoms with Crippen LogP contribution in [-0.4, -0.2) is 247 Å². The van der Waals surface area contributed by atoms with Gasteiger partial charge in [0.2, 0.25) is 53.4 Å². The first-order chi connectivity index (χ1) is 58.9. The largest absolute Gasteiger partial charge is 0.508 e. The molecule has 124 heavy (non-hydrogen) atoms. The number of nitrogens with two attached hydrogens (primary N) is 1. The predicted molar refractivity (Wildman–Crippen MR) is 444 cm³/mol. The molecular weight excluding hydrogens is 1710 g/mol. The van der Waals surface area contributed by atoms with Crippen molar-refractivity contribution in [2.45, 2.75) is 170 Å². The van der Waals surface area contributed by atoms with Crippen LogP contribution in [0.15, 0.2) is 97.1 Å². The molecule has 11 bridgehead atoms. The molecule has 14 rings (SSSR count). The smallest absolute Gasteiger partial charge is 0.317 e. The summed E-state index contributed by atoms with van der Waals surface area (Å²) in [7, 11) is 1.48. The quantitative estimate of drug-likeness (QED) is 0.0459. The molecule has 42 heteroatoms. The number of fused-ring (bicyclic) bond motifs is 15. The van der Waals surface area contributed by atoms with Gasteiger partial charge < -0.3 is 133 Å². The molecule has 3 saturated heterocycles. The van der Waals surface area contributed by atoms with Crippen LogP contribution in [0, 0.1) is 5.92 Å². The second kappa shape index (κ2) is 40.0. The van der Waals surface area contributed by atoms with Crippen LogP contribution in [-0.2, 0) is 59.1 Å². The lowest BCUT2D eigenvalue weighted by Gasteiger charge is -2.48. The van der Waals surface area contributed by atoms with Gasteiger partial charge in [-0.3, -0.25) is 48.7 Å². The molecule has 18 atom stereocenters. The van der Waals surface area contributed by atoms with Gasteiger partial charge in [-0.25, -0.2) is 10.2 Å². The second-order valence-corrected chi connectivity index (χ2v) is 33.1. The summed E-state index contributed by atoms with van der Waals surface area (Å²) in [5.74, 6) is -14.9. The molecule has 0 aromatic heterocycles. The number of piperazine rings is 1. The van der Waals surface area contributed by atoms with Crippen molar-refractivity contribution in [1.82, 2.24) is 68.5 Å². The molecule has 0 unspecified atom stereocenters. The Kier molecular flexibility index (Phi) is 30.0. The average Bonchev–Trinajstić information content (AvgIpc) is 0.748. The molecule has 6 aromatic rings. The highest BCUT2D eigenvalue weighted by Crippen LogP contribution is 2.50. The number of benzene rings is 6. The highest BCUT2D eigenvalue weighted by atomic mass is 35.5. The van der Waals surface area contributed by atoms with Crippen LogP contribution in [0.4, 0.5) is 4.79 Å². The topological polar surface area (TPSA) is 556 Å². The fraction of sp³-hybridized carbons (Fsp3) is 0.451. The highest BCUT2D eigenvalue weighted by molar-refractivity contribution is 6.42. The van der Waals surface area contributed by atoms with E-state index in [1.165, 1.54) is 25.2 Å². The third-order valence-corrected chi connectivity index (χ3v) is 23.5. The number of hydrogen-bond donors (Lipinski definition) is 21. The summed E-state index contributed by atoms with van der Waals surface area (Å²) in [6.07, 6.45) is -18.7. The number of primary amides is 1.